The maximum absolute atomic E-state index is 12.0. The van der Waals surface area contributed by atoms with E-state index < -0.39 is 0 Å². The summed E-state index contributed by atoms with van der Waals surface area (Å²) in [5, 5.41) is 3.38. The SMILES string of the molecule is CCOC(C)(C)CN1C(=O)CNC1C1CCCC1. The van der Waals surface area contributed by atoms with E-state index in [1.807, 2.05) is 11.8 Å². The zero-order chi connectivity index (χ0) is 13.2. The summed E-state index contributed by atoms with van der Waals surface area (Å²) in [7, 11) is 0. The summed E-state index contributed by atoms with van der Waals surface area (Å²) in [5.41, 5.74) is -0.257. The normalized spacial score (nSPS) is 26.3. The van der Waals surface area contributed by atoms with Crippen LogP contribution in [0.1, 0.15) is 46.5 Å². The molecule has 0 radical (unpaired) electrons. The molecule has 0 aromatic heterocycles. The molecule has 1 saturated heterocycles. The Kier molecular flexibility index (Phi) is 4.28. The number of carbonyl (C=O) groups is 1. The van der Waals surface area contributed by atoms with E-state index in [2.05, 4.69) is 19.2 Å². The van der Waals surface area contributed by atoms with E-state index in [9.17, 15) is 4.79 Å². The molecule has 2 aliphatic rings. The van der Waals surface area contributed by atoms with Gasteiger partial charge in [0, 0.05) is 6.61 Å². The molecular weight excluding hydrogens is 228 g/mol. The number of amides is 1. The molecule has 1 amide bonds. The van der Waals surface area contributed by atoms with Gasteiger partial charge in [-0.1, -0.05) is 12.8 Å². The van der Waals surface area contributed by atoms with Crippen molar-refractivity contribution < 1.29 is 9.53 Å². The highest BCUT2D eigenvalue weighted by Gasteiger charge is 2.39. The molecular formula is C14H26N2O2. The average Bonchev–Trinajstić information content (AvgIpc) is 2.89. The lowest BCUT2D eigenvalue weighted by Crippen LogP contribution is -2.49. The summed E-state index contributed by atoms with van der Waals surface area (Å²) < 4.78 is 5.73. The fourth-order valence-corrected chi connectivity index (χ4v) is 3.29. The molecule has 1 unspecified atom stereocenters. The summed E-state index contributed by atoms with van der Waals surface area (Å²) in [4.78, 5) is 14.0. The van der Waals surface area contributed by atoms with Crippen molar-refractivity contribution in [2.45, 2.75) is 58.2 Å². The summed E-state index contributed by atoms with van der Waals surface area (Å²) in [5.74, 6) is 0.855. The Morgan fingerprint density at radius 1 is 1.39 bits per heavy atom. The molecule has 1 saturated carbocycles. The average molecular weight is 254 g/mol. The number of hydrogen-bond donors (Lipinski definition) is 1. The summed E-state index contributed by atoms with van der Waals surface area (Å²) in [6, 6.07) is 0. The highest BCUT2D eigenvalue weighted by atomic mass is 16.5. The summed E-state index contributed by atoms with van der Waals surface area (Å²) in [6.07, 6.45) is 5.34. The lowest BCUT2D eigenvalue weighted by molar-refractivity contribution is -0.133. The Balaban J connectivity index is 2.00. The number of rotatable bonds is 5. The van der Waals surface area contributed by atoms with Crippen molar-refractivity contribution in [1.29, 1.82) is 0 Å². The van der Waals surface area contributed by atoms with Gasteiger partial charge in [-0.2, -0.15) is 0 Å². The van der Waals surface area contributed by atoms with Crippen molar-refractivity contribution in [3.8, 4) is 0 Å². The van der Waals surface area contributed by atoms with Crippen molar-refractivity contribution in [3.63, 3.8) is 0 Å². The van der Waals surface area contributed by atoms with Crippen LogP contribution in [0, 0.1) is 5.92 Å². The van der Waals surface area contributed by atoms with E-state index in [-0.39, 0.29) is 17.7 Å². The number of nitrogens with zero attached hydrogens (tertiary/aromatic N) is 1. The molecule has 1 aliphatic heterocycles. The molecule has 2 rings (SSSR count). The molecule has 1 N–H and O–H groups in total. The lowest BCUT2D eigenvalue weighted by atomic mass is 10.0. The Morgan fingerprint density at radius 3 is 2.67 bits per heavy atom. The second kappa shape index (κ2) is 5.57. The monoisotopic (exact) mass is 254 g/mol. The van der Waals surface area contributed by atoms with Crippen molar-refractivity contribution in [3.05, 3.63) is 0 Å². The van der Waals surface area contributed by atoms with Gasteiger partial charge in [-0.3, -0.25) is 10.1 Å². The molecule has 0 bridgehead atoms. The summed E-state index contributed by atoms with van der Waals surface area (Å²) in [6.45, 7) is 8.00. The summed E-state index contributed by atoms with van der Waals surface area (Å²) >= 11 is 0. The van der Waals surface area contributed by atoms with Gasteiger partial charge in [0.05, 0.1) is 24.9 Å². The maximum Gasteiger partial charge on any atom is 0.237 e. The fourth-order valence-electron chi connectivity index (χ4n) is 3.29. The minimum Gasteiger partial charge on any atom is -0.374 e. The second-order valence-corrected chi connectivity index (χ2v) is 6.08. The van der Waals surface area contributed by atoms with E-state index in [1.54, 1.807) is 0 Å². The third-order valence-electron chi connectivity index (χ3n) is 4.05. The van der Waals surface area contributed by atoms with Crippen molar-refractivity contribution in [2.75, 3.05) is 19.7 Å². The van der Waals surface area contributed by atoms with Gasteiger partial charge in [0.2, 0.25) is 5.91 Å². The van der Waals surface area contributed by atoms with Gasteiger partial charge in [0.25, 0.3) is 0 Å². The number of ether oxygens (including phenoxy) is 1. The minimum atomic E-state index is -0.257. The van der Waals surface area contributed by atoms with Crippen LogP contribution in [0.25, 0.3) is 0 Å². The molecule has 2 fully saturated rings. The van der Waals surface area contributed by atoms with Crippen LogP contribution >= 0.6 is 0 Å². The maximum atomic E-state index is 12.0. The topological polar surface area (TPSA) is 41.6 Å². The van der Waals surface area contributed by atoms with Crippen LogP contribution in [0.15, 0.2) is 0 Å². The van der Waals surface area contributed by atoms with E-state index in [1.165, 1.54) is 25.7 Å². The number of nitrogens with one attached hydrogen (secondary N) is 1. The molecule has 1 atom stereocenters. The first-order chi connectivity index (χ1) is 8.53. The van der Waals surface area contributed by atoms with Gasteiger partial charge in [-0.15, -0.1) is 0 Å². The Labute approximate surface area is 110 Å². The molecule has 1 heterocycles. The van der Waals surface area contributed by atoms with Gasteiger partial charge < -0.3 is 9.64 Å². The Hall–Kier alpha value is -0.610. The third-order valence-corrected chi connectivity index (χ3v) is 4.05. The lowest BCUT2D eigenvalue weighted by Gasteiger charge is -2.35. The van der Waals surface area contributed by atoms with Crippen LogP contribution < -0.4 is 5.32 Å². The molecule has 0 aromatic rings. The van der Waals surface area contributed by atoms with Crippen LogP contribution in [0.2, 0.25) is 0 Å². The largest absolute Gasteiger partial charge is 0.374 e. The van der Waals surface area contributed by atoms with Crippen LogP contribution in [-0.2, 0) is 9.53 Å². The van der Waals surface area contributed by atoms with Crippen LogP contribution in [0.5, 0.6) is 0 Å². The molecule has 104 valence electrons. The zero-order valence-corrected chi connectivity index (χ0v) is 11.9. The van der Waals surface area contributed by atoms with Crippen molar-refractivity contribution in [1.82, 2.24) is 10.2 Å². The van der Waals surface area contributed by atoms with Gasteiger partial charge in [-0.25, -0.2) is 0 Å². The van der Waals surface area contributed by atoms with Crippen molar-refractivity contribution in [2.24, 2.45) is 5.92 Å². The van der Waals surface area contributed by atoms with E-state index >= 15 is 0 Å². The van der Waals surface area contributed by atoms with E-state index in [4.69, 9.17) is 4.74 Å². The quantitative estimate of drug-likeness (QED) is 0.812. The van der Waals surface area contributed by atoms with Crippen LogP contribution in [0.4, 0.5) is 0 Å². The molecule has 18 heavy (non-hydrogen) atoms. The first kappa shape index (κ1) is 13.8. The van der Waals surface area contributed by atoms with E-state index in [0.29, 0.717) is 25.6 Å². The fraction of sp³-hybridized carbons (Fsp3) is 0.929. The van der Waals surface area contributed by atoms with Crippen LogP contribution in [-0.4, -0.2) is 42.3 Å². The van der Waals surface area contributed by atoms with Gasteiger partial charge in [0.1, 0.15) is 0 Å². The third kappa shape index (κ3) is 3.04. The standard InChI is InChI=1S/C14H26N2O2/c1-4-18-14(2,3)10-16-12(17)9-15-13(16)11-7-5-6-8-11/h11,13,15H,4-10H2,1-3H3. The zero-order valence-electron chi connectivity index (χ0n) is 11.9. The van der Waals surface area contributed by atoms with Gasteiger partial charge >= 0.3 is 0 Å². The predicted octanol–water partition coefficient (Wildman–Crippen LogP) is 1.75. The highest BCUT2D eigenvalue weighted by Crippen LogP contribution is 2.31. The Morgan fingerprint density at radius 2 is 2.06 bits per heavy atom. The van der Waals surface area contributed by atoms with Gasteiger partial charge in [0.15, 0.2) is 0 Å². The molecule has 1 aliphatic carbocycles. The first-order valence-corrected chi connectivity index (χ1v) is 7.20. The number of carbonyl (C=O) groups excluding carboxylic acids is 1. The minimum absolute atomic E-state index is 0.222. The van der Waals surface area contributed by atoms with Crippen molar-refractivity contribution >= 4 is 5.91 Å². The molecule has 4 nitrogen and oxygen atoms in total. The second-order valence-electron chi connectivity index (χ2n) is 6.08. The van der Waals surface area contributed by atoms with E-state index in [0.717, 1.165) is 0 Å². The number of hydrogen-bond acceptors (Lipinski definition) is 3. The molecule has 4 heteroatoms. The smallest absolute Gasteiger partial charge is 0.237 e. The predicted molar refractivity (Wildman–Crippen MR) is 71.2 cm³/mol. The van der Waals surface area contributed by atoms with Gasteiger partial charge in [-0.05, 0) is 39.5 Å². The highest BCUT2D eigenvalue weighted by molar-refractivity contribution is 5.80. The Bertz CT molecular complexity index is 298. The molecule has 0 spiro atoms. The van der Waals surface area contributed by atoms with Crippen LogP contribution in [0.3, 0.4) is 0 Å². The molecule has 0 aromatic carbocycles. The first-order valence-electron chi connectivity index (χ1n) is 7.20.